The maximum Gasteiger partial charge on any atom is 0.145 e. The number of nitrogens with zero attached hydrogens (tertiary/aromatic N) is 2. The molecule has 0 heterocycles. The molecule has 1 rings (SSSR count). The van der Waals surface area contributed by atoms with Gasteiger partial charge in [0, 0.05) is 6.20 Å². The number of benzene rings is 1. The molecule has 1 aromatic carbocycles. The van der Waals surface area contributed by atoms with Gasteiger partial charge in [0.25, 0.3) is 0 Å². The van der Waals surface area contributed by atoms with E-state index in [0.29, 0.717) is 5.75 Å². The van der Waals surface area contributed by atoms with E-state index in [4.69, 9.17) is 15.3 Å². The Morgan fingerprint density at radius 1 is 1.33 bits per heavy atom. The second-order valence-electron chi connectivity index (χ2n) is 4.09. The molecule has 0 unspecified atom stereocenters. The molecule has 1 N–H and O–H groups in total. The van der Waals surface area contributed by atoms with Crippen LogP contribution >= 0.6 is 0 Å². The summed E-state index contributed by atoms with van der Waals surface area (Å²) >= 11 is 0. The van der Waals surface area contributed by atoms with Crippen molar-refractivity contribution in [3.63, 3.8) is 0 Å². The van der Waals surface area contributed by atoms with E-state index in [0.717, 1.165) is 11.3 Å². The maximum atomic E-state index is 8.66. The fraction of sp³-hybridized carbons (Fsp3) is 0.286. The largest absolute Gasteiger partial charge is 0.489 e. The number of aryl methyl sites for hydroxylation is 1. The molecule has 4 nitrogen and oxygen atoms in total. The van der Waals surface area contributed by atoms with E-state index < -0.39 is 0 Å². The van der Waals surface area contributed by atoms with Crippen LogP contribution in [-0.2, 0) is 0 Å². The van der Waals surface area contributed by atoms with Gasteiger partial charge in [-0.25, -0.2) is 0 Å². The Kier molecular flexibility index (Phi) is 4.78. The molecule has 0 fully saturated rings. The number of hydrogen-bond acceptors (Lipinski definition) is 4. The standard InChI is InChI=1S/C14H15N3O/c1-10(2)18-14-5-4-11(3)6-13(14)17-9-12(7-15)8-16/h4-6,9-10,17H,1-3H3. The summed E-state index contributed by atoms with van der Waals surface area (Å²) in [6, 6.07) is 9.30. The summed E-state index contributed by atoms with van der Waals surface area (Å²) in [5, 5.41) is 20.3. The molecule has 0 aliphatic heterocycles. The van der Waals surface area contributed by atoms with Crippen molar-refractivity contribution in [2.75, 3.05) is 5.32 Å². The van der Waals surface area contributed by atoms with E-state index in [9.17, 15) is 0 Å². The van der Waals surface area contributed by atoms with Crippen molar-refractivity contribution in [2.24, 2.45) is 0 Å². The molecule has 92 valence electrons. The summed E-state index contributed by atoms with van der Waals surface area (Å²) < 4.78 is 5.64. The van der Waals surface area contributed by atoms with Gasteiger partial charge in [0.05, 0.1) is 11.8 Å². The first-order valence-electron chi connectivity index (χ1n) is 5.61. The number of ether oxygens (including phenoxy) is 1. The Labute approximate surface area is 107 Å². The van der Waals surface area contributed by atoms with Crippen LogP contribution in [0.1, 0.15) is 19.4 Å². The van der Waals surface area contributed by atoms with Gasteiger partial charge in [-0.2, -0.15) is 10.5 Å². The Morgan fingerprint density at radius 2 is 2.00 bits per heavy atom. The Bertz CT molecular complexity index is 517. The quantitative estimate of drug-likeness (QED) is 0.822. The lowest BCUT2D eigenvalue weighted by molar-refractivity contribution is 0.243. The van der Waals surface area contributed by atoms with Crippen molar-refractivity contribution in [3.05, 3.63) is 35.5 Å². The lowest BCUT2D eigenvalue weighted by Crippen LogP contribution is -2.07. The number of allylic oxidation sites excluding steroid dienone is 1. The molecule has 0 amide bonds. The van der Waals surface area contributed by atoms with Crippen molar-refractivity contribution in [2.45, 2.75) is 26.9 Å². The molecule has 0 radical (unpaired) electrons. The minimum Gasteiger partial charge on any atom is -0.489 e. The van der Waals surface area contributed by atoms with Gasteiger partial charge in [0.1, 0.15) is 23.5 Å². The minimum absolute atomic E-state index is 0.0204. The molecule has 4 heteroatoms. The Hall–Kier alpha value is -2.46. The third-order valence-electron chi connectivity index (χ3n) is 2.11. The molecular weight excluding hydrogens is 226 g/mol. The predicted octanol–water partition coefficient (Wildman–Crippen LogP) is 3.13. The average Bonchev–Trinajstić information content (AvgIpc) is 2.33. The van der Waals surface area contributed by atoms with E-state index in [2.05, 4.69) is 5.32 Å². The molecule has 0 spiro atoms. The normalized spacial score (nSPS) is 9.22. The van der Waals surface area contributed by atoms with Crippen molar-refractivity contribution in [1.82, 2.24) is 0 Å². The zero-order chi connectivity index (χ0) is 13.5. The molecule has 0 atom stereocenters. The second kappa shape index (κ2) is 6.32. The molecule has 0 saturated heterocycles. The van der Waals surface area contributed by atoms with Gasteiger partial charge in [0.2, 0.25) is 0 Å². The average molecular weight is 241 g/mol. The lowest BCUT2D eigenvalue weighted by atomic mass is 10.2. The van der Waals surface area contributed by atoms with Gasteiger partial charge in [-0.05, 0) is 38.5 Å². The molecule has 18 heavy (non-hydrogen) atoms. The number of nitrogens with one attached hydrogen (secondary N) is 1. The van der Waals surface area contributed by atoms with Crippen LogP contribution in [0.25, 0.3) is 0 Å². The van der Waals surface area contributed by atoms with E-state index in [1.54, 1.807) is 12.1 Å². The van der Waals surface area contributed by atoms with E-state index in [-0.39, 0.29) is 11.7 Å². The summed E-state index contributed by atoms with van der Waals surface area (Å²) in [7, 11) is 0. The molecule has 0 aliphatic carbocycles. The highest BCUT2D eigenvalue weighted by molar-refractivity contribution is 5.60. The number of anilines is 1. The highest BCUT2D eigenvalue weighted by atomic mass is 16.5. The van der Waals surface area contributed by atoms with Crippen LogP contribution < -0.4 is 10.1 Å². The van der Waals surface area contributed by atoms with E-state index in [1.165, 1.54) is 6.20 Å². The Balaban J connectivity index is 3.00. The van der Waals surface area contributed by atoms with Crippen LogP contribution in [-0.4, -0.2) is 6.10 Å². The van der Waals surface area contributed by atoms with Gasteiger partial charge in [-0.3, -0.25) is 0 Å². The van der Waals surface area contributed by atoms with Crippen LogP contribution in [0.5, 0.6) is 5.75 Å². The van der Waals surface area contributed by atoms with E-state index in [1.807, 2.05) is 39.0 Å². The summed E-state index contributed by atoms with van der Waals surface area (Å²) in [4.78, 5) is 0. The SMILES string of the molecule is Cc1ccc(OC(C)C)c(NC=C(C#N)C#N)c1. The molecule has 1 aromatic rings. The lowest BCUT2D eigenvalue weighted by Gasteiger charge is -2.14. The van der Waals surface area contributed by atoms with Crippen LogP contribution in [0.2, 0.25) is 0 Å². The summed E-state index contributed by atoms with van der Waals surface area (Å²) in [6.45, 7) is 5.84. The fourth-order valence-electron chi connectivity index (χ4n) is 1.35. The molecule has 0 saturated carbocycles. The fourth-order valence-corrected chi connectivity index (χ4v) is 1.35. The van der Waals surface area contributed by atoms with E-state index >= 15 is 0 Å². The van der Waals surface area contributed by atoms with Gasteiger partial charge >= 0.3 is 0 Å². The van der Waals surface area contributed by atoms with Gasteiger partial charge in [0.15, 0.2) is 0 Å². The van der Waals surface area contributed by atoms with Crippen molar-refractivity contribution >= 4 is 5.69 Å². The minimum atomic E-state index is 0.0204. The number of rotatable bonds is 4. The topological polar surface area (TPSA) is 68.8 Å². The summed E-state index contributed by atoms with van der Waals surface area (Å²) in [5.74, 6) is 0.696. The third-order valence-corrected chi connectivity index (χ3v) is 2.11. The number of hydrogen-bond donors (Lipinski definition) is 1. The predicted molar refractivity (Wildman–Crippen MR) is 69.9 cm³/mol. The molecular formula is C14H15N3O. The van der Waals surface area contributed by atoms with Gasteiger partial charge < -0.3 is 10.1 Å². The molecule has 0 aliphatic rings. The first-order chi connectivity index (χ1) is 8.56. The summed E-state index contributed by atoms with van der Waals surface area (Å²) in [6.07, 6.45) is 1.44. The van der Waals surface area contributed by atoms with Crippen molar-refractivity contribution in [3.8, 4) is 17.9 Å². The maximum absolute atomic E-state index is 8.66. The van der Waals surface area contributed by atoms with Crippen LogP contribution in [0, 0.1) is 29.6 Å². The smallest absolute Gasteiger partial charge is 0.145 e. The highest BCUT2D eigenvalue weighted by Gasteiger charge is 2.05. The van der Waals surface area contributed by atoms with Crippen LogP contribution in [0.4, 0.5) is 5.69 Å². The first kappa shape index (κ1) is 13.6. The van der Waals surface area contributed by atoms with Crippen LogP contribution in [0.3, 0.4) is 0 Å². The number of nitriles is 2. The molecule has 0 aromatic heterocycles. The highest BCUT2D eigenvalue weighted by Crippen LogP contribution is 2.26. The molecule has 0 bridgehead atoms. The van der Waals surface area contributed by atoms with Crippen LogP contribution in [0.15, 0.2) is 30.0 Å². The zero-order valence-corrected chi connectivity index (χ0v) is 10.7. The first-order valence-corrected chi connectivity index (χ1v) is 5.61. The van der Waals surface area contributed by atoms with Crippen molar-refractivity contribution in [1.29, 1.82) is 10.5 Å². The summed E-state index contributed by atoms with van der Waals surface area (Å²) in [5.41, 5.74) is 1.83. The van der Waals surface area contributed by atoms with Gasteiger partial charge in [-0.15, -0.1) is 0 Å². The van der Waals surface area contributed by atoms with Gasteiger partial charge in [-0.1, -0.05) is 6.07 Å². The third kappa shape index (κ3) is 3.84. The second-order valence-corrected chi connectivity index (χ2v) is 4.09. The monoisotopic (exact) mass is 241 g/mol. The zero-order valence-electron chi connectivity index (χ0n) is 10.7. The van der Waals surface area contributed by atoms with Crippen molar-refractivity contribution < 1.29 is 4.74 Å². The Morgan fingerprint density at radius 3 is 2.56 bits per heavy atom.